The molecule has 1 atom stereocenters. The Morgan fingerprint density at radius 2 is 1.69 bits per heavy atom. The third-order valence-corrected chi connectivity index (χ3v) is 4.27. The molecule has 0 aliphatic rings. The first-order chi connectivity index (χ1) is 12.7. The fourth-order valence-electron chi connectivity index (χ4n) is 2.90. The van der Waals surface area contributed by atoms with E-state index in [0.29, 0.717) is 5.56 Å². The highest BCUT2D eigenvalue weighted by Gasteiger charge is 2.14. The minimum Gasteiger partial charge on any atom is -0.504 e. The average molecular weight is 349 g/mol. The first kappa shape index (κ1) is 17.8. The molecule has 0 heterocycles. The van der Waals surface area contributed by atoms with Crippen molar-refractivity contribution in [2.45, 2.75) is 12.5 Å². The summed E-state index contributed by atoms with van der Waals surface area (Å²) >= 11 is 0. The van der Waals surface area contributed by atoms with E-state index in [9.17, 15) is 10.2 Å². The highest BCUT2D eigenvalue weighted by molar-refractivity contribution is 5.73. The Morgan fingerprint density at radius 1 is 0.923 bits per heavy atom. The molecule has 0 aromatic heterocycles. The number of aromatic hydroxyl groups is 2. The number of phenolic OH excluding ortho intramolecular Hbond substituents is 2. The van der Waals surface area contributed by atoms with Crippen LogP contribution in [0, 0.1) is 0 Å². The summed E-state index contributed by atoms with van der Waals surface area (Å²) in [4.78, 5) is 0. The SMILES string of the molecule is CNCCC(Oc1cccc(-c2cccc(O)c2O)c1)c1ccccc1. The molecular weight excluding hydrogens is 326 g/mol. The van der Waals surface area contributed by atoms with Gasteiger partial charge >= 0.3 is 0 Å². The molecule has 0 saturated heterocycles. The number of ether oxygens (including phenoxy) is 1. The Labute approximate surface area is 153 Å². The lowest BCUT2D eigenvalue weighted by Crippen LogP contribution is -2.16. The van der Waals surface area contributed by atoms with Crippen molar-refractivity contribution in [3.05, 3.63) is 78.4 Å². The Balaban J connectivity index is 1.87. The van der Waals surface area contributed by atoms with E-state index in [2.05, 4.69) is 17.4 Å². The molecule has 0 fully saturated rings. The number of rotatable bonds is 7. The van der Waals surface area contributed by atoms with Crippen LogP contribution in [0.4, 0.5) is 0 Å². The second kappa shape index (κ2) is 8.41. The molecule has 0 spiro atoms. The van der Waals surface area contributed by atoms with E-state index in [1.54, 1.807) is 12.1 Å². The molecule has 4 nitrogen and oxygen atoms in total. The fourth-order valence-corrected chi connectivity index (χ4v) is 2.90. The van der Waals surface area contributed by atoms with Crippen molar-refractivity contribution in [2.24, 2.45) is 0 Å². The molecule has 3 N–H and O–H groups in total. The van der Waals surface area contributed by atoms with Crippen molar-refractivity contribution in [3.8, 4) is 28.4 Å². The molecule has 3 rings (SSSR count). The first-order valence-corrected chi connectivity index (χ1v) is 8.66. The van der Waals surface area contributed by atoms with Gasteiger partial charge in [0.15, 0.2) is 11.5 Å². The quantitative estimate of drug-likeness (QED) is 0.550. The number of para-hydroxylation sites is 1. The molecular formula is C22H23NO3. The van der Waals surface area contributed by atoms with Crippen molar-refractivity contribution in [2.75, 3.05) is 13.6 Å². The largest absolute Gasteiger partial charge is 0.504 e. The lowest BCUT2D eigenvalue weighted by Gasteiger charge is -2.20. The van der Waals surface area contributed by atoms with Crippen molar-refractivity contribution in [1.29, 1.82) is 0 Å². The van der Waals surface area contributed by atoms with Gasteiger partial charge in [0.25, 0.3) is 0 Å². The molecule has 0 aliphatic carbocycles. The number of hydrogen-bond donors (Lipinski definition) is 3. The Hall–Kier alpha value is -2.98. The topological polar surface area (TPSA) is 61.7 Å². The van der Waals surface area contributed by atoms with Gasteiger partial charge in [-0.25, -0.2) is 0 Å². The Morgan fingerprint density at radius 3 is 2.46 bits per heavy atom. The van der Waals surface area contributed by atoms with Gasteiger partial charge in [0.2, 0.25) is 0 Å². The van der Waals surface area contributed by atoms with Crippen LogP contribution in [0.5, 0.6) is 17.2 Å². The van der Waals surface area contributed by atoms with Gasteiger partial charge in [-0.3, -0.25) is 0 Å². The van der Waals surface area contributed by atoms with E-state index < -0.39 is 0 Å². The maximum absolute atomic E-state index is 10.1. The summed E-state index contributed by atoms with van der Waals surface area (Å²) in [6, 6.07) is 22.6. The normalized spacial score (nSPS) is 11.9. The zero-order chi connectivity index (χ0) is 18.4. The van der Waals surface area contributed by atoms with Crippen molar-refractivity contribution in [1.82, 2.24) is 5.32 Å². The highest BCUT2D eigenvalue weighted by Crippen LogP contribution is 2.37. The number of phenols is 2. The lowest BCUT2D eigenvalue weighted by atomic mass is 10.0. The molecule has 0 bridgehead atoms. The van der Waals surface area contributed by atoms with Crippen LogP contribution < -0.4 is 10.1 Å². The van der Waals surface area contributed by atoms with E-state index >= 15 is 0 Å². The van der Waals surface area contributed by atoms with Crippen LogP contribution in [0.2, 0.25) is 0 Å². The van der Waals surface area contributed by atoms with Gasteiger partial charge in [-0.2, -0.15) is 0 Å². The standard InChI is InChI=1S/C22H23NO3/c1-23-14-13-21(16-7-3-2-4-8-16)26-18-10-5-9-17(15-18)19-11-6-12-20(24)22(19)25/h2-12,15,21,23-25H,13-14H2,1H3. The van der Waals surface area contributed by atoms with Crippen molar-refractivity contribution in [3.63, 3.8) is 0 Å². The summed E-state index contributed by atoms with van der Waals surface area (Å²) in [5.74, 6) is 0.458. The predicted molar refractivity (Wildman–Crippen MR) is 104 cm³/mol. The summed E-state index contributed by atoms with van der Waals surface area (Å²) in [5.41, 5.74) is 2.48. The van der Waals surface area contributed by atoms with Crippen LogP contribution in [0.3, 0.4) is 0 Å². The van der Waals surface area contributed by atoms with Gasteiger partial charge in [0, 0.05) is 12.0 Å². The monoisotopic (exact) mass is 349 g/mol. The molecule has 26 heavy (non-hydrogen) atoms. The molecule has 0 saturated carbocycles. The molecule has 134 valence electrons. The average Bonchev–Trinajstić information content (AvgIpc) is 2.68. The number of nitrogens with one attached hydrogen (secondary N) is 1. The molecule has 4 heteroatoms. The maximum Gasteiger partial charge on any atom is 0.165 e. The second-order valence-corrected chi connectivity index (χ2v) is 6.11. The van der Waals surface area contributed by atoms with Gasteiger partial charge in [-0.05, 0) is 42.9 Å². The van der Waals surface area contributed by atoms with Crippen molar-refractivity contribution >= 4 is 0 Å². The van der Waals surface area contributed by atoms with Crippen molar-refractivity contribution < 1.29 is 14.9 Å². The number of benzene rings is 3. The molecule has 0 amide bonds. The third-order valence-electron chi connectivity index (χ3n) is 4.27. The smallest absolute Gasteiger partial charge is 0.165 e. The van der Waals surface area contributed by atoms with E-state index in [1.165, 1.54) is 6.07 Å². The minimum atomic E-state index is -0.134. The minimum absolute atomic E-state index is 0.0725. The van der Waals surface area contributed by atoms with Crippen LogP contribution in [-0.4, -0.2) is 23.8 Å². The van der Waals surface area contributed by atoms with Gasteiger partial charge in [-0.1, -0.05) is 54.6 Å². The zero-order valence-corrected chi connectivity index (χ0v) is 14.7. The molecule has 0 radical (unpaired) electrons. The molecule has 0 aliphatic heterocycles. The van der Waals surface area contributed by atoms with E-state index in [4.69, 9.17) is 4.74 Å². The van der Waals surface area contributed by atoms with E-state index in [1.807, 2.05) is 49.5 Å². The molecule has 3 aromatic carbocycles. The van der Waals surface area contributed by atoms with Crippen LogP contribution in [0.1, 0.15) is 18.1 Å². The zero-order valence-electron chi connectivity index (χ0n) is 14.7. The third kappa shape index (κ3) is 4.16. The van der Waals surface area contributed by atoms with Crippen LogP contribution in [-0.2, 0) is 0 Å². The summed E-state index contributed by atoms with van der Waals surface area (Å²) in [6.45, 7) is 0.840. The molecule has 3 aromatic rings. The van der Waals surface area contributed by atoms with Gasteiger partial charge in [-0.15, -0.1) is 0 Å². The van der Waals surface area contributed by atoms with Gasteiger partial charge in [0.1, 0.15) is 11.9 Å². The summed E-state index contributed by atoms with van der Waals surface area (Å²) in [7, 11) is 1.92. The lowest BCUT2D eigenvalue weighted by molar-refractivity contribution is 0.195. The summed E-state index contributed by atoms with van der Waals surface area (Å²) in [6.07, 6.45) is 0.763. The fraction of sp³-hybridized carbons (Fsp3) is 0.182. The first-order valence-electron chi connectivity index (χ1n) is 8.66. The Bertz CT molecular complexity index is 849. The van der Waals surface area contributed by atoms with E-state index in [0.717, 1.165) is 29.8 Å². The maximum atomic E-state index is 10.1. The summed E-state index contributed by atoms with van der Waals surface area (Å²) < 4.78 is 6.25. The summed E-state index contributed by atoms with van der Waals surface area (Å²) in [5, 5.41) is 23.0. The van der Waals surface area contributed by atoms with Crippen LogP contribution in [0.25, 0.3) is 11.1 Å². The van der Waals surface area contributed by atoms with Crippen LogP contribution in [0.15, 0.2) is 72.8 Å². The number of hydrogen-bond acceptors (Lipinski definition) is 4. The van der Waals surface area contributed by atoms with E-state index in [-0.39, 0.29) is 17.6 Å². The van der Waals surface area contributed by atoms with Gasteiger partial charge in [0.05, 0.1) is 0 Å². The molecule has 1 unspecified atom stereocenters. The Kier molecular flexibility index (Phi) is 5.77. The highest BCUT2D eigenvalue weighted by atomic mass is 16.5. The van der Waals surface area contributed by atoms with Gasteiger partial charge < -0.3 is 20.3 Å². The second-order valence-electron chi connectivity index (χ2n) is 6.11. The van der Waals surface area contributed by atoms with Crippen LogP contribution >= 0.6 is 0 Å². The predicted octanol–water partition coefficient (Wildman–Crippen LogP) is 4.49.